The Morgan fingerprint density at radius 2 is 2.13 bits per heavy atom. The summed E-state index contributed by atoms with van der Waals surface area (Å²) in [6, 6.07) is 3.94. The monoisotopic (exact) mass is 207 g/mol. The largest absolute Gasteiger partial charge is 0.393 e. The molecule has 2 rings (SSSR count). The normalized spacial score (nSPS) is 26.5. The Hall–Kier alpha value is -0.930. The minimum atomic E-state index is -0.108. The Morgan fingerprint density at radius 1 is 1.33 bits per heavy atom. The highest BCUT2D eigenvalue weighted by atomic mass is 16.5. The van der Waals surface area contributed by atoms with Crippen molar-refractivity contribution in [2.45, 2.75) is 44.5 Å². The molecule has 82 valence electrons. The zero-order valence-corrected chi connectivity index (χ0v) is 8.80. The molecule has 1 heterocycles. The van der Waals surface area contributed by atoms with E-state index >= 15 is 0 Å². The lowest BCUT2D eigenvalue weighted by Crippen LogP contribution is -2.24. The minimum Gasteiger partial charge on any atom is -0.393 e. The molecule has 1 aliphatic rings. The summed E-state index contributed by atoms with van der Waals surface area (Å²) in [6.45, 7) is 0.634. The molecule has 0 amide bonds. The topological polar surface area (TPSA) is 42.4 Å². The van der Waals surface area contributed by atoms with E-state index in [0.717, 1.165) is 31.2 Å². The number of aromatic nitrogens is 1. The summed E-state index contributed by atoms with van der Waals surface area (Å²) in [7, 11) is 0. The Bertz CT molecular complexity index is 281. The van der Waals surface area contributed by atoms with E-state index in [9.17, 15) is 5.11 Å². The summed E-state index contributed by atoms with van der Waals surface area (Å²) >= 11 is 0. The maximum Gasteiger partial charge on any atom is 0.0735 e. The van der Waals surface area contributed by atoms with Crippen molar-refractivity contribution < 1.29 is 9.84 Å². The van der Waals surface area contributed by atoms with Crippen molar-refractivity contribution in [2.75, 3.05) is 0 Å². The van der Waals surface area contributed by atoms with Crippen LogP contribution in [0.25, 0.3) is 0 Å². The van der Waals surface area contributed by atoms with E-state index in [1.807, 2.05) is 18.3 Å². The molecule has 0 spiro atoms. The van der Waals surface area contributed by atoms with Crippen LogP contribution in [0.4, 0.5) is 0 Å². The Balaban J connectivity index is 1.74. The van der Waals surface area contributed by atoms with Gasteiger partial charge >= 0.3 is 0 Å². The molecule has 0 radical (unpaired) electrons. The van der Waals surface area contributed by atoms with E-state index in [1.165, 1.54) is 0 Å². The van der Waals surface area contributed by atoms with E-state index in [0.29, 0.717) is 12.7 Å². The molecule has 1 aliphatic carbocycles. The third-order valence-electron chi connectivity index (χ3n) is 2.85. The summed E-state index contributed by atoms with van der Waals surface area (Å²) < 4.78 is 5.77. The van der Waals surface area contributed by atoms with E-state index < -0.39 is 0 Å². The first-order valence-corrected chi connectivity index (χ1v) is 5.53. The third kappa shape index (κ3) is 3.29. The van der Waals surface area contributed by atoms with Crippen LogP contribution in [0.15, 0.2) is 24.5 Å². The highest BCUT2D eigenvalue weighted by Gasteiger charge is 2.19. The second-order valence-electron chi connectivity index (χ2n) is 4.10. The fraction of sp³-hybridized carbons (Fsp3) is 0.583. The molecule has 3 heteroatoms. The van der Waals surface area contributed by atoms with Crippen molar-refractivity contribution in [1.82, 2.24) is 4.98 Å². The van der Waals surface area contributed by atoms with Crippen LogP contribution in [0.3, 0.4) is 0 Å². The molecule has 1 fully saturated rings. The van der Waals surface area contributed by atoms with E-state index in [4.69, 9.17) is 4.74 Å². The van der Waals surface area contributed by atoms with Gasteiger partial charge < -0.3 is 9.84 Å². The van der Waals surface area contributed by atoms with E-state index in [1.54, 1.807) is 6.20 Å². The van der Waals surface area contributed by atoms with Crippen molar-refractivity contribution in [3.8, 4) is 0 Å². The molecule has 0 aliphatic heterocycles. The lowest BCUT2D eigenvalue weighted by Gasteiger charge is -2.25. The molecule has 15 heavy (non-hydrogen) atoms. The quantitative estimate of drug-likeness (QED) is 0.823. The minimum absolute atomic E-state index is 0.108. The number of pyridine rings is 1. The van der Waals surface area contributed by atoms with Gasteiger partial charge in [0.15, 0.2) is 0 Å². The summed E-state index contributed by atoms with van der Waals surface area (Å²) in [5, 5.41) is 9.35. The van der Waals surface area contributed by atoms with Gasteiger partial charge in [0.25, 0.3) is 0 Å². The Labute approximate surface area is 90.1 Å². The van der Waals surface area contributed by atoms with Gasteiger partial charge in [0.2, 0.25) is 0 Å². The average Bonchev–Trinajstić information content (AvgIpc) is 2.30. The van der Waals surface area contributed by atoms with Crippen LogP contribution in [0, 0.1) is 0 Å². The summed E-state index contributed by atoms with van der Waals surface area (Å²) in [4.78, 5) is 4.04. The molecule has 1 N–H and O–H groups in total. The number of aliphatic hydroxyl groups excluding tert-OH is 1. The molecular weight excluding hydrogens is 190 g/mol. The average molecular weight is 207 g/mol. The zero-order valence-electron chi connectivity index (χ0n) is 8.80. The maximum absolute atomic E-state index is 9.35. The van der Waals surface area contributed by atoms with Gasteiger partial charge in [-0.05, 0) is 37.3 Å². The Morgan fingerprint density at radius 3 is 2.80 bits per heavy atom. The van der Waals surface area contributed by atoms with Gasteiger partial charge in [-0.1, -0.05) is 6.07 Å². The van der Waals surface area contributed by atoms with Crippen molar-refractivity contribution in [2.24, 2.45) is 0 Å². The predicted molar refractivity (Wildman–Crippen MR) is 57.3 cm³/mol. The van der Waals surface area contributed by atoms with E-state index in [2.05, 4.69) is 4.98 Å². The number of aliphatic hydroxyl groups is 1. The fourth-order valence-corrected chi connectivity index (χ4v) is 1.91. The van der Waals surface area contributed by atoms with Crippen LogP contribution in [-0.2, 0) is 11.3 Å². The van der Waals surface area contributed by atoms with Gasteiger partial charge in [0.05, 0.1) is 18.8 Å². The summed E-state index contributed by atoms with van der Waals surface area (Å²) in [5.74, 6) is 0. The van der Waals surface area contributed by atoms with Crippen molar-refractivity contribution in [3.63, 3.8) is 0 Å². The van der Waals surface area contributed by atoms with Gasteiger partial charge in [-0.2, -0.15) is 0 Å². The number of hydrogen-bond donors (Lipinski definition) is 1. The maximum atomic E-state index is 9.35. The van der Waals surface area contributed by atoms with Crippen LogP contribution in [-0.4, -0.2) is 22.3 Å². The fourth-order valence-electron chi connectivity index (χ4n) is 1.91. The van der Waals surface area contributed by atoms with Crippen molar-refractivity contribution in [1.29, 1.82) is 0 Å². The van der Waals surface area contributed by atoms with Gasteiger partial charge in [0.1, 0.15) is 0 Å². The van der Waals surface area contributed by atoms with Gasteiger partial charge in [-0.3, -0.25) is 4.98 Å². The van der Waals surface area contributed by atoms with Gasteiger partial charge in [-0.25, -0.2) is 0 Å². The molecule has 0 unspecified atom stereocenters. The van der Waals surface area contributed by atoms with Crippen LogP contribution < -0.4 is 0 Å². The molecule has 1 aromatic rings. The summed E-state index contributed by atoms with van der Waals surface area (Å²) in [6.07, 6.45) is 7.49. The number of hydrogen-bond acceptors (Lipinski definition) is 3. The molecule has 1 saturated carbocycles. The first-order valence-electron chi connectivity index (χ1n) is 5.53. The van der Waals surface area contributed by atoms with Crippen LogP contribution in [0.5, 0.6) is 0 Å². The summed E-state index contributed by atoms with van der Waals surface area (Å²) in [5.41, 5.74) is 1.11. The first kappa shape index (κ1) is 10.6. The predicted octanol–water partition coefficient (Wildman–Crippen LogP) is 1.90. The van der Waals surface area contributed by atoms with Crippen molar-refractivity contribution in [3.05, 3.63) is 30.1 Å². The lowest BCUT2D eigenvalue weighted by molar-refractivity contribution is -0.0119. The van der Waals surface area contributed by atoms with Crippen molar-refractivity contribution >= 4 is 0 Å². The SMILES string of the molecule is OC1CCC(OCc2cccnc2)CC1. The molecule has 3 nitrogen and oxygen atoms in total. The zero-order chi connectivity index (χ0) is 10.5. The number of nitrogens with zero attached hydrogens (tertiary/aromatic N) is 1. The van der Waals surface area contributed by atoms with Gasteiger partial charge in [0, 0.05) is 12.4 Å². The highest BCUT2D eigenvalue weighted by molar-refractivity contribution is 5.06. The molecular formula is C12H17NO2. The second-order valence-corrected chi connectivity index (χ2v) is 4.10. The Kier molecular flexibility index (Phi) is 3.69. The second kappa shape index (κ2) is 5.24. The molecule has 0 atom stereocenters. The van der Waals surface area contributed by atoms with Crippen LogP contribution in [0.2, 0.25) is 0 Å². The smallest absolute Gasteiger partial charge is 0.0735 e. The van der Waals surface area contributed by atoms with Crippen LogP contribution >= 0.6 is 0 Å². The molecule has 0 aromatic carbocycles. The van der Waals surface area contributed by atoms with Crippen LogP contribution in [0.1, 0.15) is 31.2 Å². The molecule has 0 saturated heterocycles. The van der Waals surface area contributed by atoms with Gasteiger partial charge in [-0.15, -0.1) is 0 Å². The molecule has 1 aromatic heterocycles. The highest BCUT2D eigenvalue weighted by Crippen LogP contribution is 2.21. The van der Waals surface area contributed by atoms with E-state index in [-0.39, 0.29) is 6.10 Å². The lowest BCUT2D eigenvalue weighted by atomic mass is 9.95. The number of ether oxygens (including phenoxy) is 1. The third-order valence-corrected chi connectivity index (χ3v) is 2.85. The molecule has 0 bridgehead atoms. The number of rotatable bonds is 3. The standard InChI is InChI=1S/C12H17NO2/c14-11-3-5-12(6-4-11)15-9-10-2-1-7-13-8-10/h1-2,7-8,11-12,14H,3-6,9H2. The first-order chi connectivity index (χ1) is 7.34.